The molecule has 0 spiro atoms. The number of aryl methyl sites for hydroxylation is 1. The Hall–Kier alpha value is -2.95. The average Bonchev–Trinajstić information content (AvgIpc) is 2.66. The largest absolute Gasteiger partial charge is 0.386 e. The Kier molecular flexibility index (Phi) is 7.29. The fourth-order valence-electron chi connectivity index (χ4n) is 2.62. The van der Waals surface area contributed by atoms with Crippen molar-refractivity contribution in [3.05, 3.63) is 71.6 Å². The van der Waals surface area contributed by atoms with Crippen LogP contribution in [0.3, 0.4) is 0 Å². The smallest absolute Gasteiger partial charge is 0.247 e. The number of hydrogen-bond donors (Lipinski definition) is 1. The molecule has 0 saturated heterocycles. The van der Waals surface area contributed by atoms with Crippen molar-refractivity contribution in [3.8, 4) is 0 Å². The van der Waals surface area contributed by atoms with Crippen molar-refractivity contribution in [1.82, 2.24) is 9.88 Å². The number of amidine groups is 1. The van der Waals surface area contributed by atoms with Gasteiger partial charge in [0.1, 0.15) is 5.84 Å². The second-order valence-electron chi connectivity index (χ2n) is 6.89. The molecule has 1 heterocycles. The number of pyridine rings is 1. The van der Waals surface area contributed by atoms with Gasteiger partial charge in [-0.3, -0.25) is 14.8 Å². The van der Waals surface area contributed by atoms with Crippen LogP contribution < -0.4 is 5.73 Å². The third-order valence-electron chi connectivity index (χ3n) is 4.26. The van der Waals surface area contributed by atoms with Gasteiger partial charge in [0.2, 0.25) is 5.91 Å². The van der Waals surface area contributed by atoms with Crippen molar-refractivity contribution < 1.29 is 4.79 Å². The first kappa shape index (κ1) is 20.4. The number of nitrogens with two attached hydrogens (primary N) is 1. The molecule has 1 unspecified atom stereocenters. The lowest BCUT2D eigenvalue weighted by Gasteiger charge is -2.25. The predicted octanol–water partition coefficient (Wildman–Crippen LogP) is 3.76. The van der Waals surface area contributed by atoms with Gasteiger partial charge in [0.05, 0.1) is 12.6 Å². The summed E-state index contributed by atoms with van der Waals surface area (Å²) in [4.78, 5) is 23.0. The van der Waals surface area contributed by atoms with Crippen molar-refractivity contribution in [2.45, 2.75) is 39.8 Å². The number of benzene rings is 1. The van der Waals surface area contributed by atoms with Crippen molar-refractivity contribution in [2.75, 3.05) is 6.54 Å². The van der Waals surface area contributed by atoms with E-state index in [1.165, 1.54) is 5.56 Å². The summed E-state index contributed by atoms with van der Waals surface area (Å²) in [6, 6.07) is 11.8. The van der Waals surface area contributed by atoms with E-state index in [-0.39, 0.29) is 18.0 Å². The molecular formula is C22H28N4O. The number of aliphatic imine (C=N–C) groups is 1. The monoisotopic (exact) mass is 364 g/mol. The first-order valence-corrected chi connectivity index (χ1v) is 9.14. The molecule has 0 saturated carbocycles. The number of amides is 1. The second-order valence-corrected chi connectivity index (χ2v) is 6.89. The topological polar surface area (TPSA) is 71.6 Å². The van der Waals surface area contributed by atoms with Gasteiger partial charge in [0.15, 0.2) is 0 Å². The second kappa shape index (κ2) is 9.67. The molecular weight excluding hydrogens is 336 g/mol. The number of aromatic nitrogens is 1. The van der Waals surface area contributed by atoms with Gasteiger partial charge in [-0.05, 0) is 51.0 Å². The van der Waals surface area contributed by atoms with E-state index in [9.17, 15) is 4.79 Å². The summed E-state index contributed by atoms with van der Waals surface area (Å²) >= 11 is 0. The number of nitrogens with zero attached hydrogens (tertiary/aromatic N) is 3. The maximum Gasteiger partial charge on any atom is 0.247 e. The molecule has 0 aliphatic heterocycles. The standard InChI is InChI=1S/C22H28N4O/c1-16(2)26(22(27)12-11-19-9-7-17(3)8-10-19)15-21(23)25-18(4)20-6-5-13-24-14-20/h5-14,16,18H,15H2,1-4H3,(H2,23,25)/b12-11+. The summed E-state index contributed by atoms with van der Waals surface area (Å²) in [6.07, 6.45) is 6.91. The van der Waals surface area contributed by atoms with Crippen LogP contribution in [0.1, 0.15) is 43.5 Å². The zero-order chi connectivity index (χ0) is 19.8. The van der Waals surface area contributed by atoms with E-state index < -0.39 is 0 Å². The van der Waals surface area contributed by atoms with Crippen molar-refractivity contribution in [2.24, 2.45) is 10.7 Å². The summed E-state index contributed by atoms with van der Waals surface area (Å²) in [5.41, 5.74) is 9.29. The highest BCUT2D eigenvalue weighted by Crippen LogP contribution is 2.15. The summed E-state index contributed by atoms with van der Waals surface area (Å²) in [6.45, 7) is 8.22. The summed E-state index contributed by atoms with van der Waals surface area (Å²) in [5, 5.41) is 0. The summed E-state index contributed by atoms with van der Waals surface area (Å²) < 4.78 is 0. The highest BCUT2D eigenvalue weighted by molar-refractivity contribution is 5.95. The number of carbonyl (C=O) groups is 1. The van der Waals surface area contributed by atoms with Gasteiger partial charge in [-0.25, -0.2) is 0 Å². The van der Waals surface area contributed by atoms with Gasteiger partial charge in [-0.15, -0.1) is 0 Å². The molecule has 2 aromatic rings. The third kappa shape index (κ3) is 6.37. The molecule has 1 atom stereocenters. The Morgan fingerprint density at radius 3 is 2.52 bits per heavy atom. The fraction of sp³-hybridized carbons (Fsp3) is 0.318. The average molecular weight is 364 g/mol. The Bertz CT molecular complexity index is 795. The van der Waals surface area contributed by atoms with Gasteiger partial charge in [-0.1, -0.05) is 35.9 Å². The number of rotatable bonds is 7. The van der Waals surface area contributed by atoms with Gasteiger partial charge in [0.25, 0.3) is 0 Å². The van der Waals surface area contributed by atoms with Crippen molar-refractivity contribution >= 4 is 17.8 Å². The van der Waals surface area contributed by atoms with Crippen LogP contribution in [0.2, 0.25) is 0 Å². The molecule has 142 valence electrons. The van der Waals surface area contributed by atoms with Gasteiger partial charge in [-0.2, -0.15) is 0 Å². The molecule has 0 aliphatic rings. The van der Waals surface area contributed by atoms with E-state index in [1.54, 1.807) is 23.4 Å². The van der Waals surface area contributed by atoms with E-state index in [0.717, 1.165) is 11.1 Å². The maximum atomic E-state index is 12.6. The molecule has 0 radical (unpaired) electrons. The van der Waals surface area contributed by atoms with Crippen LogP contribution in [0.5, 0.6) is 0 Å². The van der Waals surface area contributed by atoms with E-state index in [0.29, 0.717) is 12.4 Å². The van der Waals surface area contributed by atoms with Gasteiger partial charge < -0.3 is 10.6 Å². The fourth-order valence-corrected chi connectivity index (χ4v) is 2.62. The van der Waals surface area contributed by atoms with Crippen LogP contribution in [0.4, 0.5) is 0 Å². The Morgan fingerprint density at radius 2 is 1.93 bits per heavy atom. The summed E-state index contributed by atoms with van der Waals surface area (Å²) in [5.74, 6) is 0.342. The van der Waals surface area contributed by atoms with Crippen LogP contribution >= 0.6 is 0 Å². The highest BCUT2D eigenvalue weighted by Gasteiger charge is 2.16. The Balaban J connectivity index is 2.06. The van der Waals surface area contributed by atoms with Gasteiger partial charge >= 0.3 is 0 Å². The van der Waals surface area contributed by atoms with Crippen LogP contribution in [0.15, 0.2) is 59.9 Å². The maximum absolute atomic E-state index is 12.6. The number of carbonyl (C=O) groups excluding carboxylic acids is 1. The molecule has 27 heavy (non-hydrogen) atoms. The molecule has 0 aliphatic carbocycles. The normalized spacial score (nSPS) is 13.1. The molecule has 2 N–H and O–H groups in total. The zero-order valence-corrected chi connectivity index (χ0v) is 16.5. The summed E-state index contributed by atoms with van der Waals surface area (Å²) in [7, 11) is 0. The highest BCUT2D eigenvalue weighted by atomic mass is 16.2. The molecule has 2 rings (SSSR count). The quantitative estimate of drug-likeness (QED) is 0.462. The molecule has 1 amide bonds. The predicted molar refractivity (Wildman–Crippen MR) is 111 cm³/mol. The first-order valence-electron chi connectivity index (χ1n) is 9.14. The lowest BCUT2D eigenvalue weighted by atomic mass is 10.1. The lowest BCUT2D eigenvalue weighted by Crippen LogP contribution is -2.42. The van der Waals surface area contributed by atoms with Crippen molar-refractivity contribution in [3.63, 3.8) is 0 Å². The van der Waals surface area contributed by atoms with Crippen LogP contribution in [-0.4, -0.2) is 34.2 Å². The minimum Gasteiger partial charge on any atom is -0.386 e. The molecule has 1 aromatic heterocycles. The van der Waals surface area contributed by atoms with E-state index in [4.69, 9.17) is 5.73 Å². The third-order valence-corrected chi connectivity index (χ3v) is 4.26. The SMILES string of the molecule is Cc1ccc(/C=C/C(=O)N(CC(N)=NC(C)c2cccnc2)C(C)C)cc1. The van der Waals surface area contributed by atoms with E-state index >= 15 is 0 Å². The van der Waals surface area contributed by atoms with Crippen molar-refractivity contribution in [1.29, 1.82) is 0 Å². The van der Waals surface area contributed by atoms with Gasteiger partial charge in [0, 0.05) is 24.5 Å². The lowest BCUT2D eigenvalue weighted by molar-refractivity contribution is -0.126. The van der Waals surface area contributed by atoms with E-state index in [2.05, 4.69) is 9.98 Å². The zero-order valence-electron chi connectivity index (χ0n) is 16.5. The Morgan fingerprint density at radius 1 is 1.22 bits per heavy atom. The van der Waals surface area contributed by atoms with Crippen LogP contribution in [0.25, 0.3) is 6.08 Å². The molecule has 0 bridgehead atoms. The minimum absolute atomic E-state index is 0.0163. The first-order chi connectivity index (χ1) is 12.9. The molecule has 5 nitrogen and oxygen atoms in total. The minimum atomic E-state index is -0.106. The van der Waals surface area contributed by atoms with Crippen LogP contribution in [-0.2, 0) is 4.79 Å². The molecule has 0 fully saturated rings. The Labute approximate surface area is 161 Å². The van der Waals surface area contributed by atoms with Crippen LogP contribution in [0, 0.1) is 6.92 Å². The molecule has 1 aromatic carbocycles. The van der Waals surface area contributed by atoms with E-state index in [1.807, 2.05) is 70.2 Å². The molecule has 5 heteroatoms. The number of hydrogen-bond acceptors (Lipinski definition) is 3.